The molecule has 0 unspecified atom stereocenters. The van der Waals surface area contributed by atoms with Crippen LogP contribution in [-0.2, 0) is 23.1 Å². The lowest BCUT2D eigenvalue weighted by molar-refractivity contribution is 0.427. The van der Waals surface area contributed by atoms with Crippen molar-refractivity contribution in [3.63, 3.8) is 0 Å². The van der Waals surface area contributed by atoms with Gasteiger partial charge in [0.1, 0.15) is 0 Å². The number of rotatable bonds is 3. The molecule has 0 radical (unpaired) electrons. The Hall–Kier alpha value is -0.910. The summed E-state index contributed by atoms with van der Waals surface area (Å²) in [7, 11) is -3.40. The molecule has 19 heavy (non-hydrogen) atoms. The molecule has 1 heterocycles. The zero-order valence-electron chi connectivity index (χ0n) is 11.2. The Labute approximate surface area is 114 Å². The maximum Gasteiger partial charge on any atom is 0.241 e. The topological polar surface area (TPSA) is 58.2 Å². The molecule has 0 atom stereocenters. The van der Waals surface area contributed by atoms with E-state index in [1.165, 1.54) is 5.56 Å². The predicted octanol–water partition coefficient (Wildman–Crippen LogP) is 1.90. The number of hydrogen-bond donors (Lipinski definition) is 2. The second kappa shape index (κ2) is 4.58. The van der Waals surface area contributed by atoms with E-state index in [0.29, 0.717) is 4.90 Å². The first kappa shape index (κ1) is 13.1. The van der Waals surface area contributed by atoms with Crippen molar-refractivity contribution in [2.75, 3.05) is 0 Å². The molecule has 1 saturated carbocycles. The van der Waals surface area contributed by atoms with Crippen LogP contribution < -0.4 is 10.0 Å². The van der Waals surface area contributed by atoms with Crippen LogP contribution in [0.5, 0.6) is 0 Å². The van der Waals surface area contributed by atoms with Crippen molar-refractivity contribution in [2.45, 2.75) is 56.1 Å². The lowest BCUT2D eigenvalue weighted by Crippen LogP contribution is -2.43. The maximum absolute atomic E-state index is 12.5. The molecule has 0 amide bonds. The van der Waals surface area contributed by atoms with Crippen molar-refractivity contribution >= 4 is 10.0 Å². The zero-order valence-corrected chi connectivity index (χ0v) is 12.0. The van der Waals surface area contributed by atoms with Gasteiger partial charge in [0.15, 0.2) is 0 Å². The number of benzene rings is 1. The van der Waals surface area contributed by atoms with E-state index in [1.807, 2.05) is 13.0 Å². The normalized spacial score (nSPS) is 21.5. The van der Waals surface area contributed by atoms with Crippen LogP contribution in [0.3, 0.4) is 0 Å². The summed E-state index contributed by atoms with van der Waals surface area (Å²) in [5.74, 6) is 0. The summed E-state index contributed by atoms with van der Waals surface area (Å²) >= 11 is 0. The molecule has 0 spiro atoms. The minimum atomic E-state index is -3.40. The quantitative estimate of drug-likeness (QED) is 0.889. The highest BCUT2D eigenvalue weighted by Gasteiger charge is 2.33. The van der Waals surface area contributed by atoms with Gasteiger partial charge in [0, 0.05) is 18.6 Å². The molecule has 0 aromatic heterocycles. The average Bonchev–Trinajstić information content (AvgIpc) is 2.96. The maximum atomic E-state index is 12.5. The number of fused-ring (bicyclic) bond motifs is 1. The van der Waals surface area contributed by atoms with Crippen LogP contribution in [0.1, 0.15) is 43.7 Å². The van der Waals surface area contributed by atoms with Crippen molar-refractivity contribution in [1.82, 2.24) is 10.0 Å². The van der Waals surface area contributed by atoms with E-state index < -0.39 is 10.0 Å². The van der Waals surface area contributed by atoms with Crippen LogP contribution in [0.25, 0.3) is 0 Å². The number of nitrogens with one attached hydrogen (secondary N) is 2. The molecule has 1 fully saturated rings. The van der Waals surface area contributed by atoms with Crippen molar-refractivity contribution in [2.24, 2.45) is 0 Å². The predicted molar refractivity (Wildman–Crippen MR) is 74.2 cm³/mol. The summed E-state index contributed by atoms with van der Waals surface area (Å²) in [6, 6.07) is 5.43. The summed E-state index contributed by atoms with van der Waals surface area (Å²) in [4.78, 5) is 0.392. The van der Waals surface area contributed by atoms with Crippen LogP contribution in [0, 0.1) is 0 Å². The third-order valence-corrected chi connectivity index (χ3v) is 5.84. The molecule has 0 saturated heterocycles. The van der Waals surface area contributed by atoms with E-state index in [4.69, 9.17) is 0 Å². The van der Waals surface area contributed by atoms with Gasteiger partial charge in [-0.25, -0.2) is 13.1 Å². The Morgan fingerprint density at radius 3 is 2.58 bits per heavy atom. The van der Waals surface area contributed by atoms with Crippen molar-refractivity contribution in [3.05, 3.63) is 29.3 Å². The lowest BCUT2D eigenvalue weighted by atomic mass is 10.0. The van der Waals surface area contributed by atoms with Gasteiger partial charge >= 0.3 is 0 Å². The van der Waals surface area contributed by atoms with Crippen molar-refractivity contribution in [3.8, 4) is 0 Å². The van der Waals surface area contributed by atoms with Crippen molar-refractivity contribution in [1.29, 1.82) is 0 Å². The average molecular weight is 280 g/mol. The fourth-order valence-corrected chi connectivity index (χ4v) is 4.59. The fraction of sp³-hybridized carbons (Fsp3) is 0.571. The SMILES string of the molecule is CC1(NS(=O)(=O)c2ccc3c(c2)CNC3)CCCC1. The Bertz CT molecular complexity index is 589. The lowest BCUT2D eigenvalue weighted by Gasteiger charge is -2.25. The van der Waals surface area contributed by atoms with Gasteiger partial charge < -0.3 is 5.32 Å². The third kappa shape index (κ3) is 2.55. The van der Waals surface area contributed by atoms with Gasteiger partial charge in [0.2, 0.25) is 10.0 Å². The van der Waals surface area contributed by atoms with Crippen LogP contribution in [0.4, 0.5) is 0 Å². The summed E-state index contributed by atoms with van der Waals surface area (Å²) in [5.41, 5.74) is 2.03. The number of sulfonamides is 1. The highest BCUT2D eigenvalue weighted by Crippen LogP contribution is 2.31. The smallest absolute Gasteiger partial charge is 0.241 e. The molecule has 1 aliphatic carbocycles. The molecule has 3 rings (SSSR count). The van der Waals surface area contributed by atoms with Crippen molar-refractivity contribution < 1.29 is 8.42 Å². The monoisotopic (exact) mass is 280 g/mol. The molecule has 0 bridgehead atoms. The first-order chi connectivity index (χ1) is 8.99. The van der Waals surface area contributed by atoms with Crippen LogP contribution in [0.2, 0.25) is 0 Å². The summed E-state index contributed by atoms with van der Waals surface area (Å²) in [5, 5.41) is 3.23. The molecule has 4 nitrogen and oxygen atoms in total. The first-order valence-corrected chi connectivity index (χ1v) is 8.33. The molecule has 1 aromatic carbocycles. The van der Waals surface area contributed by atoms with Gasteiger partial charge in [0.05, 0.1) is 4.90 Å². The molecular weight excluding hydrogens is 260 g/mol. The minimum absolute atomic E-state index is 0.268. The fourth-order valence-electron chi connectivity index (χ4n) is 3.08. The summed E-state index contributed by atoms with van der Waals surface area (Å²) < 4.78 is 27.8. The Morgan fingerprint density at radius 2 is 1.84 bits per heavy atom. The van der Waals surface area contributed by atoms with E-state index in [2.05, 4.69) is 10.0 Å². The minimum Gasteiger partial charge on any atom is -0.309 e. The highest BCUT2D eigenvalue weighted by molar-refractivity contribution is 7.89. The van der Waals surface area contributed by atoms with Gasteiger partial charge in [0.25, 0.3) is 0 Å². The van der Waals surface area contributed by atoms with Gasteiger partial charge in [-0.1, -0.05) is 18.9 Å². The van der Waals surface area contributed by atoms with Crippen LogP contribution in [-0.4, -0.2) is 14.0 Å². The standard InChI is InChI=1S/C14H20N2O2S/c1-14(6-2-3-7-14)16-19(17,18)13-5-4-11-9-15-10-12(11)8-13/h4-5,8,15-16H,2-3,6-7,9-10H2,1H3. The first-order valence-electron chi connectivity index (χ1n) is 6.85. The van der Waals surface area contributed by atoms with Crippen LogP contribution >= 0.6 is 0 Å². The number of hydrogen-bond acceptors (Lipinski definition) is 3. The zero-order chi connectivity index (χ0) is 13.5. The molecule has 104 valence electrons. The molecule has 2 N–H and O–H groups in total. The highest BCUT2D eigenvalue weighted by atomic mass is 32.2. The Morgan fingerprint density at radius 1 is 1.16 bits per heavy atom. The molecule has 2 aliphatic rings. The molecule has 1 aliphatic heterocycles. The Balaban J connectivity index is 1.88. The second-order valence-electron chi connectivity index (χ2n) is 5.91. The largest absolute Gasteiger partial charge is 0.309 e. The van der Waals surface area contributed by atoms with Gasteiger partial charge in [-0.2, -0.15) is 0 Å². The molecular formula is C14H20N2O2S. The van der Waals surface area contributed by atoms with E-state index in [9.17, 15) is 8.42 Å². The second-order valence-corrected chi connectivity index (χ2v) is 7.59. The van der Waals surface area contributed by atoms with E-state index in [0.717, 1.165) is 44.3 Å². The Kier molecular flexibility index (Phi) is 3.15. The van der Waals surface area contributed by atoms with E-state index in [1.54, 1.807) is 12.1 Å². The third-order valence-electron chi connectivity index (χ3n) is 4.21. The summed E-state index contributed by atoms with van der Waals surface area (Å²) in [6.45, 7) is 3.60. The molecule has 1 aromatic rings. The summed E-state index contributed by atoms with van der Waals surface area (Å²) in [6.07, 6.45) is 4.07. The van der Waals surface area contributed by atoms with Gasteiger partial charge in [-0.3, -0.25) is 0 Å². The van der Waals surface area contributed by atoms with E-state index >= 15 is 0 Å². The van der Waals surface area contributed by atoms with Gasteiger partial charge in [-0.05, 0) is 43.0 Å². The van der Waals surface area contributed by atoms with Gasteiger partial charge in [-0.15, -0.1) is 0 Å². The van der Waals surface area contributed by atoms with E-state index in [-0.39, 0.29) is 5.54 Å². The molecule has 5 heteroatoms. The van der Waals surface area contributed by atoms with Crippen LogP contribution in [0.15, 0.2) is 23.1 Å².